The molecule has 3 aromatic rings. The second-order valence-corrected chi connectivity index (χ2v) is 7.66. The summed E-state index contributed by atoms with van der Waals surface area (Å²) in [5.41, 5.74) is 3.17. The van der Waals surface area contributed by atoms with Crippen molar-refractivity contribution in [3.05, 3.63) is 59.1 Å². The van der Waals surface area contributed by atoms with Gasteiger partial charge >= 0.3 is 0 Å². The van der Waals surface area contributed by atoms with Gasteiger partial charge < -0.3 is 9.80 Å². The number of carbonyl (C=O) groups is 1. The van der Waals surface area contributed by atoms with Crippen LogP contribution in [0.3, 0.4) is 0 Å². The molecule has 1 aliphatic heterocycles. The molecule has 1 amide bonds. The zero-order chi connectivity index (χ0) is 20.2. The Balaban J connectivity index is 1.41. The van der Waals surface area contributed by atoms with Crippen LogP contribution in [0.4, 0.5) is 5.69 Å². The standard InChI is InChI=1S/C21H23ClN6O/c1-26(14-17-6-2-3-7-19(17)27-12-4-5-13-27)20(29)15-28-24-21(23-25-28)16-8-10-18(22)11-9-16/h2-3,6-11H,4-5,12-15H2,1H3. The number of tetrazole rings is 1. The molecule has 0 saturated carbocycles. The molecular formula is C21H23ClN6O. The highest BCUT2D eigenvalue weighted by Gasteiger charge is 2.18. The van der Waals surface area contributed by atoms with Crippen LogP contribution < -0.4 is 4.90 Å². The summed E-state index contributed by atoms with van der Waals surface area (Å²) in [7, 11) is 1.81. The Hall–Kier alpha value is -2.93. The molecule has 150 valence electrons. The van der Waals surface area contributed by atoms with Gasteiger partial charge in [0.25, 0.3) is 0 Å². The molecule has 0 atom stereocenters. The van der Waals surface area contributed by atoms with E-state index in [0.29, 0.717) is 17.4 Å². The monoisotopic (exact) mass is 410 g/mol. The van der Waals surface area contributed by atoms with Gasteiger partial charge in [0.2, 0.25) is 11.7 Å². The molecule has 2 heterocycles. The lowest BCUT2D eigenvalue weighted by Crippen LogP contribution is -2.31. The first-order valence-electron chi connectivity index (χ1n) is 9.71. The van der Waals surface area contributed by atoms with Gasteiger partial charge in [-0.1, -0.05) is 29.8 Å². The Morgan fingerprint density at radius 2 is 1.83 bits per heavy atom. The van der Waals surface area contributed by atoms with E-state index in [1.807, 2.05) is 18.2 Å². The highest BCUT2D eigenvalue weighted by atomic mass is 35.5. The normalized spacial score (nSPS) is 13.7. The molecule has 1 saturated heterocycles. The molecule has 0 bridgehead atoms. The molecule has 0 spiro atoms. The maximum atomic E-state index is 12.7. The molecule has 0 radical (unpaired) electrons. The first kappa shape index (κ1) is 19.4. The van der Waals surface area contributed by atoms with Gasteiger partial charge in [0.15, 0.2) is 0 Å². The van der Waals surface area contributed by atoms with Crippen molar-refractivity contribution in [2.75, 3.05) is 25.0 Å². The summed E-state index contributed by atoms with van der Waals surface area (Å²) in [4.78, 5) is 18.1. The lowest BCUT2D eigenvalue weighted by atomic mass is 10.1. The number of rotatable bonds is 6. The lowest BCUT2D eigenvalue weighted by Gasteiger charge is -2.24. The fourth-order valence-electron chi connectivity index (χ4n) is 3.52. The van der Waals surface area contributed by atoms with E-state index >= 15 is 0 Å². The highest BCUT2D eigenvalue weighted by Crippen LogP contribution is 2.25. The highest BCUT2D eigenvalue weighted by molar-refractivity contribution is 6.30. The number of anilines is 1. The zero-order valence-corrected chi connectivity index (χ0v) is 17.1. The SMILES string of the molecule is CN(Cc1ccccc1N1CCCC1)C(=O)Cn1nnc(-c2ccc(Cl)cc2)n1. The first-order chi connectivity index (χ1) is 14.1. The second kappa shape index (κ2) is 8.61. The predicted molar refractivity (Wildman–Crippen MR) is 113 cm³/mol. The molecular weight excluding hydrogens is 388 g/mol. The molecule has 7 nitrogen and oxygen atoms in total. The minimum absolute atomic E-state index is 0.0446. The van der Waals surface area contributed by atoms with Gasteiger partial charge in [-0.2, -0.15) is 4.80 Å². The van der Waals surface area contributed by atoms with Gasteiger partial charge in [-0.15, -0.1) is 10.2 Å². The third kappa shape index (κ3) is 4.56. The zero-order valence-electron chi connectivity index (χ0n) is 16.3. The number of hydrogen-bond acceptors (Lipinski definition) is 5. The van der Waals surface area contributed by atoms with Crippen LogP contribution in [0.2, 0.25) is 5.02 Å². The Kier molecular flexibility index (Phi) is 5.76. The van der Waals surface area contributed by atoms with Crippen LogP contribution in [0.25, 0.3) is 11.4 Å². The molecule has 0 unspecified atom stereocenters. The Morgan fingerprint density at radius 3 is 2.59 bits per heavy atom. The third-order valence-corrected chi connectivity index (χ3v) is 5.36. The average molecular weight is 411 g/mol. The number of benzene rings is 2. The van der Waals surface area contributed by atoms with Crippen LogP contribution in [0.5, 0.6) is 0 Å². The maximum Gasteiger partial charge on any atom is 0.246 e. The van der Waals surface area contributed by atoms with Gasteiger partial charge in [-0.25, -0.2) is 0 Å². The molecule has 8 heteroatoms. The van der Waals surface area contributed by atoms with Gasteiger partial charge in [0.1, 0.15) is 6.54 Å². The molecule has 0 aliphatic carbocycles. The molecule has 1 fully saturated rings. The molecule has 4 rings (SSSR count). The number of halogens is 1. The van der Waals surface area contributed by atoms with E-state index in [1.165, 1.54) is 23.3 Å². The van der Waals surface area contributed by atoms with E-state index < -0.39 is 0 Å². The van der Waals surface area contributed by atoms with Crippen molar-refractivity contribution in [2.24, 2.45) is 0 Å². The lowest BCUT2D eigenvalue weighted by molar-refractivity contribution is -0.131. The van der Waals surface area contributed by atoms with E-state index in [-0.39, 0.29) is 12.5 Å². The summed E-state index contributed by atoms with van der Waals surface area (Å²) in [6.07, 6.45) is 2.44. The quantitative estimate of drug-likeness (QED) is 0.624. The van der Waals surface area contributed by atoms with Crippen molar-refractivity contribution >= 4 is 23.2 Å². The Morgan fingerprint density at radius 1 is 1.10 bits per heavy atom. The fourth-order valence-corrected chi connectivity index (χ4v) is 3.65. The Bertz CT molecular complexity index is 981. The van der Waals surface area contributed by atoms with Crippen LogP contribution in [0.1, 0.15) is 18.4 Å². The summed E-state index contributed by atoms with van der Waals surface area (Å²) in [5.74, 6) is 0.401. The number of nitrogens with zero attached hydrogens (tertiary/aromatic N) is 6. The van der Waals surface area contributed by atoms with Crippen LogP contribution in [-0.4, -0.2) is 51.2 Å². The topological polar surface area (TPSA) is 67.2 Å². The van der Waals surface area contributed by atoms with E-state index in [0.717, 1.165) is 24.2 Å². The number of hydrogen-bond donors (Lipinski definition) is 0. The van der Waals surface area contributed by atoms with Crippen LogP contribution >= 0.6 is 11.6 Å². The number of para-hydroxylation sites is 1. The van der Waals surface area contributed by atoms with Crippen molar-refractivity contribution in [3.8, 4) is 11.4 Å². The summed E-state index contributed by atoms with van der Waals surface area (Å²) >= 11 is 5.91. The Labute approximate surface area is 174 Å². The number of carbonyl (C=O) groups excluding carboxylic acids is 1. The van der Waals surface area contributed by atoms with E-state index in [4.69, 9.17) is 11.6 Å². The first-order valence-corrected chi connectivity index (χ1v) is 10.1. The second-order valence-electron chi connectivity index (χ2n) is 7.22. The molecule has 1 aromatic heterocycles. The van der Waals surface area contributed by atoms with Crippen LogP contribution in [0, 0.1) is 0 Å². The van der Waals surface area contributed by atoms with Gasteiger partial charge in [-0.05, 0) is 54.0 Å². The third-order valence-electron chi connectivity index (χ3n) is 5.10. The van der Waals surface area contributed by atoms with Crippen molar-refractivity contribution < 1.29 is 4.79 Å². The maximum absolute atomic E-state index is 12.7. The summed E-state index contributed by atoms with van der Waals surface area (Å²) in [6, 6.07) is 15.5. The van der Waals surface area contributed by atoms with Crippen LogP contribution in [-0.2, 0) is 17.9 Å². The van der Waals surface area contributed by atoms with E-state index in [2.05, 4.69) is 38.5 Å². The molecule has 2 aromatic carbocycles. The van der Waals surface area contributed by atoms with E-state index in [1.54, 1.807) is 24.1 Å². The van der Waals surface area contributed by atoms with E-state index in [9.17, 15) is 4.79 Å². The molecule has 29 heavy (non-hydrogen) atoms. The summed E-state index contributed by atoms with van der Waals surface area (Å²) in [6.45, 7) is 2.74. The van der Waals surface area contributed by atoms with Crippen molar-refractivity contribution in [3.63, 3.8) is 0 Å². The molecule has 0 N–H and O–H groups in total. The fraction of sp³-hybridized carbons (Fsp3) is 0.333. The van der Waals surface area contributed by atoms with Crippen molar-refractivity contribution in [1.29, 1.82) is 0 Å². The van der Waals surface area contributed by atoms with Crippen molar-refractivity contribution in [2.45, 2.75) is 25.9 Å². The minimum Gasteiger partial charge on any atom is -0.371 e. The summed E-state index contributed by atoms with van der Waals surface area (Å²) in [5, 5.41) is 13.0. The number of amides is 1. The van der Waals surface area contributed by atoms with Gasteiger partial charge in [0, 0.05) is 43.0 Å². The average Bonchev–Trinajstić information content (AvgIpc) is 3.41. The smallest absolute Gasteiger partial charge is 0.246 e. The van der Waals surface area contributed by atoms with Crippen molar-refractivity contribution in [1.82, 2.24) is 25.1 Å². The number of likely N-dealkylation sites (N-methyl/N-ethyl adjacent to an activating group) is 1. The van der Waals surface area contributed by atoms with Gasteiger partial charge in [-0.3, -0.25) is 4.79 Å². The predicted octanol–water partition coefficient (Wildman–Crippen LogP) is 3.25. The van der Waals surface area contributed by atoms with Gasteiger partial charge in [0.05, 0.1) is 0 Å². The molecule has 1 aliphatic rings. The number of aromatic nitrogens is 4. The van der Waals surface area contributed by atoms with Crippen LogP contribution in [0.15, 0.2) is 48.5 Å². The largest absolute Gasteiger partial charge is 0.371 e. The summed E-state index contributed by atoms with van der Waals surface area (Å²) < 4.78 is 0. The minimum atomic E-state index is -0.0683.